The zero-order valence-electron chi connectivity index (χ0n) is 11.8. The van der Waals surface area contributed by atoms with Crippen molar-refractivity contribution in [1.29, 1.82) is 0 Å². The number of pyridine rings is 1. The van der Waals surface area contributed by atoms with Crippen molar-refractivity contribution in [1.82, 2.24) is 4.98 Å². The predicted molar refractivity (Wildman–Crippen MR) is 77.4 cm³/mol. The molecule has 0 atom stereocenters. The molecule has 5 heteroatoms. The maximum Gasteiger partial charge on any atom is 0.336 e. The highest BCUT2D eigenvalue weighted by Gasteiger charge is 2.34. The highest BCUT2D eigenvalue weighted by atomic mass is 16.5. The molecule has 1 saturated heterocycles. The number of fused-ring (bicyclic) bond motifs is 1. The van der Waals surface area contributed by atoms with Gasteiger partial charge in [0, 0.05) is 44.7 Å². The minimum atomic E-state index is -0.946. The van der Waals surface area contributed by atoms with E-state index in [9.17, 15) is 9.90 Å². The number of benzene rings is 1. The van der Waals surface area contributed by atoms with Crippen molar-refractivity contribution in [2.75, 3.05) is 20.3 Å². The largest absolute Gasteiger partial charge is 0.478 e. The third-order valence-corrected chi connectivity index (χ3v) is 4.19. The first-order chi connectivity index (χ1) is 10.2. The number of nitrogens with zero attached hydrogens (tertiary/aromatic N) is 1. The lowest BCUT2D eigenvalue weighted by molar-refractivity contribution is -0.0947. The van der Waals surface area contributed by atoms with Crippen LogP contribution in [0.1, 0.15) is 28.8 Å². The average Bonchev–Trinajstić information content (AvgIpc) is 2.54. The van der Waals surface area contributed by atoms with Gasteiger partial charge in [0.2, 0.25) is 0 Å². The summed E-state index contributed by atoms with van der Waals surface area (Å²) in [7, 11) is 1.69. The zero-order chi connectivity index (χ0) is 14.9. The van der Waals surface area contributed by atoms with E-state index in [0.717, 1.165) is 18.4 Å². The monoisotopic (exact) mass is 287 g/mol. The van der Waals surface area contributed by atoms with Gasteiger partial charge in [0.25, 0.3) is 0 Å². The molecule has 0 bridgehead atoms. The fourth-order valence-electron chi connectivity index (χ4n) is 2.93. The number of methoxy groups -OCH3 is 1. The SMILES string of the molecule is COC1(c2ccc3nccc(C(=O)O)c3c2)CCOCC1. The van der Waals surface area contributed by atoms with E-state index in [1.165, 1.54) is 12.3 Å². The molecule has 1 fully saturated rings. The molecule has 0 aliphatic carbocycles. The Kier molecular flexibility index (Phi) is 3.61. The van der Waals surface area contributed by atoms with Crippen LogP contribution in [-0.2, 0) is 15.1 Å². The first kappa shape index (κ1) is 14.0. The summed E-state index contributed by atoms with van der Waals surface area (Å²) >= 11 is 0. The van der Waals surface area contributed by atoms with Crippen LogP contribution in [0.4, 0.5) is 0 Å². The molecule has 21 heavy (non-hydrogen) atoms. The van der Waals surface area contributed by atoms with E-state index >= 15 is 0 Å². The molecule has 0 spiro atoms. The molecule has 0 saturated carbocycles. The van der Waals surface area contributed by atoms with E-state index in [-0.39, 0.29) is 5.56 Å². The van der Waals surface area contributed by atoms with Gasteiger partial charge in [0.15, 0.2) is 0 Å². The summed E-state index contributed by atoms with van der Waals surface area (Å²) in [5.74, 6) is -0.946. The van der Waals surface area contributed by atoms with Gasteiger partial charge < -0.3 is 14.6 Å². The van der Waals surface area contributed by atoms with Crippen molar-refractivity contribution >= 4 is 16.9 Å². The van der Waals surface area contributed by atoms with E-state index in [0.29, 0.717) is 24.1 Å². The van der Waals surface area contributed by atoms with Gasteiger partial charge in [-0.3, -0.25) is 4.98 Å². The standard InChI is InChI=1S/C16H17NO4/c1-20-16(5-8-21-9-6-16)11-2-3-14-13(10-11)12(15(18)19)4-7-17-14/h2-4,7,10H,5-6,8-9H2,1H3,(H,18,19). The van der Waals surface area contributed by atoms with E-state index in [1.54, 1.807) is 7.11 Å². The molecular formula is C16H17NO4. The first-order valence-corrected chi connectivity index (χ1v) is 6.92. The fourth-order valence-corrected chi connectivity index (χ4v) is 2.93. The average molecular weight is 287 g/mol. The van der Waals surface area contributed by atoms with Crippen LogP contribution in [0.5, 0.6) is 0 Å². The van der Waals surface area contributed by atoms with Gasteiger partial charge >= 0.3 is 5.97 Å². The Hall–Kier alpha value is -1.98. The molecule has 1 aliphatic heterocycles. The maximum atomic E-state index is 11.4. The Morgan fingerprint density at radius 2 is 2.10 bits per heavy atom. The number of ether oxygens (including phenoxy) is 2. The maximum absolute atomic E-state index is 11.4. The third-order valence-electron chi connectivity index (χ3n) is 4.19. The van der Waals surface area contributed by atoms with Crippen molar-refractivity contribution in [3.05, 3.63) is 41.6 Å². The predicted octanol–water partition coefficient (Wildman–Crippen LogP) is 2.59. The van der Waals surface area contributed by atoms with E-state index in [1.807, 2.05) is 18.2 Å². The molecule has 110 valence electrons. The molecule has 2 heterocycles. The minimum Gasteiger partial charge on any atom is -0.478 e. The van der Waals surface area contributed by atoms with Crippen LogP contribution < -0.4 is 0 Å². The van der Waals surface area contributed by atoms with Crippen LogP contribution in [0, 0.1) is 0 Å². The van der Waals surface area contributed by atoms with Crippen molar-refractivity contribution in [3.63, 3.8) is 0 Å². The normalized spacial score (nSPS) is 17.8. The van der Waals surface area contributed by atoms with Crippen LogP contribution in [-0.4, -0.2) is 36.4 Å². The van der Waals surface area contributed by atoms with Crippen LogP contribution in [0.25, 0.3) is 10.9 Å². The lowest BCUT2D eigenvalue weighted by Crippen LogP contribution is -2.35. The van der Waals surface area contributed by atoms with Gasteiger partial charge in [0.05, 0.1) is 16.7 Å². The molecule has 3 rings (SSSR count). The summed E-state index contributed by atoms with van der Waals surface area (Å²) < 4.78 is 11.2. The van der Waals surface area contributed by atoms with Gasteiger partial charge in [-0.25, -0.2) is 4.79 Å². The molecule has 0 unspecified atom stereocenters. The Bertz CT molecular complexity index is 677. The first-order valence-electron chi connectivity index (χ1n) is 6.92. The second-order valence-electron chi connectivity index (χ2n) is 5.21. The Morgan fingerprint density at radius 1 is 1.33 bits per heavy atom. The molecule has 5 nitrogen and oxygen atoms in total. The van der Waals surface area contributed by atoms with Crippen molar-refractivity contribution in [2.45, 2.75) is 18.4 Å². The summed E-state index contributed by atoms with van der Waals surface area (Å²) in [4.78, 5) is 15.6. The molecule has 0 amide bonds. The van der Waals surface area contributed by atoms with E-state index < -0.39 is 11.6 Å². The van der Waals surface area contributed by atoms with Crippen LogP contribution in [0.2, 0.25) is 0 Å². The quantitative estimate of drug-likeness (QED) is 0.939. The van der Waals surface area contributed by atoms with Gasteiger partial charge in [-0.15, -0.1) is 0 Å². The zero-order valence-corrected chi connectivity index (χ0v) is 11.8. The van der Waals surface area contributed by atoms with Gasteiger partial charge in [-0.05, 0) is 23.8 Å². The summed E-state index contributed by atoms with van der Waals surface area (Å²) in [5, 5.41) is 9.97. The summed E-state index contributed by atoms with van der Waals surface area (Å²) in [6, 6.07) is 7.24. The van der Waals surface area contributed by atoms with Crippen molar-refractivity contribution in [3.8, 4) is 0 Å². The molecule has 1 aliphatic rings. The van der Waals surface area contributed by atoms with E-state index in [2.05, 4.69) is 4.98 Å². The summed E-state index contributed by atoms with van der Waals surface area (Å²) in [6.45, 7) is 1.29. The Morgan fingerprint density at radius 3 is 2.76 bits per heavy atom. The number of aromatic nitrogens is 1. The van der Waals surface area contributed by atoms with Crippen LogP contribution >= 0.6 is 0 Å². The lowest BCUT2D eigenvalue weighted by Gasteiger charge is -2.36. The number of aromatic carboxylic acids is 1. The number of rotatable bonds is 3. The highest BCUT2D eigenvalue weighted by molar-refractivity contribution is 6.02. The number of carbonyl (C=O) groups is 1. The molecular weight excluding hydrogens is 270 g/mol. The molecule has 1 aromatic heterocycles. The molecule has 1 N–H and O–H groups in total. The van der Waals surface area contributed by atoms with Gasteiger partial charge in [-0.2, -0.15) is 0 Å². The van der Waals surface area contributed by atoms with Crippen LogP contribution in [0.3, 0.4) is 0 Å². The van der Waals surface area contributed by atoms with Crippen molar-refractivity contribution in [2.24, 2.45) is 0 Å². The minimum absolute atomic E-state index is 0.264. The molecule has 0 radical (unpaired) electrons. The van der Waals surface area contributed by atoms with Gasteiger partial charge in [0.1, 0.15) is 0 Å². The highest BCUT2D eigenvalue weighted by Crippen LogP contribution is 2.37. The Balaban J connectivity index is 2.15. The number of hydrogen-bond donors (Lipinski definition) is 1. The van der Waals surface area contributed by atoms with E-state index in [4.69, 9.17) is 9.47 Å². The molecule has 2 aromatic rings. The smallest absolute Gasteiger partial charge is 0.336 e. The Labute approximate surface area is 122 Å². The fraction of sp³-hybridized carbons (Fsp3) is 0.375. The molecule has 1 aromatic carbocycles. The third kappa shape index (κ3) is 2.39. The number of hydrogen-bond acceptors (Lipinski definition) is 4. The van der Waals surface area contributed by atoms with Crippen molar-refractivity contribution < 1.29 is 19.4 Å². The second kappa shape index (κ2) is 5.42. The second-order valence-corrected chi connectivity index (χ2v) is 5.21. The summed E-state index contributed by atoms with van der Waals surface area (Å²) in [6.07, 6.45) is 3.04. The van der Waals surface area contributed by atoms with Gasteiger partial charge in [-0.1, -0.05) is 6.07 Å². The summed E-state index contributed by atoms with van der Waals surface area (Å²) in [5.41, 5.74) is 1.52. The van der Waals surface area contributed by atoms with Crippen LogP contribution in [0.15, 0.2) is 30.5 Å². The number of carboxylic acids is 1. The topological polar surface area (TPSA) is 68.7 Å². The number of carboxylic acid groups (broad SMARTS) is 1. The lowest BCUT2D eigenvalue weighted by atomic mass is 9.85.